The van der Waals surface area contributed by atoms with Crippen molar-refractivity contribution in [1.82, 2.24) is 0 Å². The van der Waals surface area contributed by atoms with Crippen LogP contribution in [0.3, 0.4) is 0 Å². The Hall–Kier alpha value is 0.0969. The topological polar surface area (TPSA) is 27.7 Å². The first-order valence-corrected chi connectivity index (χ1v) is 9.61. The second-order valence-corrected chi connectivity index (χ2v) is 7.68. The van der Waals surface area contributed by atoms with Crippen LogP contribution in [0.1, 0.15) is 59.3 Å². The largest absolute Gasteiger partial charge is 0.501 e. The van der Waals surface area contributed by atoms with E-state index in [1.165, 1.54) is 38.5 Å². The fourth-order valence-electron chi connectivity index (χ4n) is 2.88. The van der Waals surface area contributed by atoms with Gasteiger partial charge in [0, 0.05) is 25.9 Å². The highest BCUT2D eigenvalue weighted by Crippen LogP contribution is 2.31. The van der Waals surface area contributed by atoms with E-state index in [1.807, 2.05) is 20.8 Å². The molecule has 1 aliphatic rings. The summed E-state index contributed by atoms with van der Waals surface area (Å²) in [6, 6.07) is 1.02. The van der Waals surface area contributed by atoms with Gasteiger partial charge in [0.15, 0.2) is 0 Å². The maximum absolute atomic E-state index is 5.95. The molecular formula is C14H30O3Si. The molecule has 0 heterocycles. The van der Waals surface area contributed by atoms with Gasteiger partial charge < -0.3 is 13.3 Å². The predicted molar refractivity (Wildman–Crippen MR) is 76.6 cm³/mol. The van der Waals surface area contributed by atoms with E-state index in [-0.39, 0.29) is 0 Å². The Labute approximate surface area is 114 Å². The van der Waals surface area contributed by atoms with Crippen molar-refractivity contribution in [3.8, 4) is 0 Å². The lowest BCUT2D eigenvalue weighted by atomic mass is 10.0. The molecule has 1 fully saturated rings. The minimum atomic E-state index is -2.41. The van der Waals surface area contributed by atoms with Crippen molar-refractivity contribution in [2.45, 2.75) is 65.3 Å². The second-order valence-electron chi connectivity index (χ2n) is 5.04. The Balaban J connectivity index is 2.61. The van der Waals surface area contributed by atoms with E-state index in [2.05, 4.69) is 0 Å². The lowest BCUT2D eigenvalue weighted by molar-refractivity contribution is 0.0662. The van der Waals surface area contributed by atoms with Gasteiger partial charge in [-0.2, -0.15) is 0 Å². The van der Waals surface area contributed by atoms with Crippen molar-refractivity contribution in [2.75, 3.05) is 19.8 Å². The quantitative estimate of drug-likeness (QED) is 0.494. The van der Waals surface area contributed by atoms with Gasteiger partial charge in [0.25, 0.3) is 0 Å². The standard InChI is InChI=1S/C14H30O3Si/c1-4-15-18(16-5-2,17-6-3)13-14-11-9-7-8-10-12-14/h14H,4-13H2,1-3H3. The summed E-state index contributed by atoms with van der Waals surface area (Å²) >= 11 is 0. The molecule has 0 saturated heterocycles. The monoisotopic (exact) mass is 274 g/mol. The van der Waals surface area contributed by atoms with Gasteiger partial charge in [-0.3, -0.25) is 0 Å². The van der Waals surface area contributed by atoms with E-state index in [9.17, 15) is 0 Å². The molecule has 0 aromatic carbocycles. The van der Waals surface area contributed by atoms with Crippen molar-refractivity contribution in [3.63, 3.8) is 0 Å². The van der Waals surface area contributed by atoms with Crippen molar-refractivity contribution in [1.29, 1.82) is 0 Å². The maximum Gasteiger partial charge on any atom is 0.501 e. The zero-order valence-electron chi connectivity index (χ0n) is 12.4. The number of hydrogen-bond acceptors (Lipinski definition) is 3. The van der Waals surface area contributed by atoms with Gasteiger partial charge in [0.2, 0.25) is 0 Å². The van der Waals surface area contributed by atoms with E-state index in [1.54, 1.807) is 0 Å². The molecule has 0 spiro atoms. The third kappa shape index (κ3) is 5.39. The number of rotatable bonds is 8. The zero-order chi connectivity index (χ0) is 13.3. The lowest BCUT2D eigenvalue weighted by Crippen LogP contribution is -2.47. The smallest absolute Gasteiger partial charge is 0.374 e. The highest BCUT2D eigenvalue weighted by Gasteiger charge is 2.42. The Bertz CT molecular complexity index is 186. The molecule has 0 amide bonds. The summed E-state index contributed by atoms with van der Waals surface area (Å²) in [5, 5.41) is 0. The molecule has 3 nitrogen and oxygen atoms in total. The molecule has 0 bridgehead atoms. The summed E-state index contributed by atoms with van der Waals surface area (Å²) in [5.74, 6) is 0.740. The van der Waals surface area contributed by atoms with Crippen LogP contribution < -0.4 is 0 Å². The van der Waals surface area contributed by atoms with Crippen LogP contribution in [0.4, 0.5) is 0 Å². The summed E-state index contributed by atoms with van der Waals surface area (Å²) in [6.07, 6.45) is 8.15. The van der Waals surface area contributed by atoms with Gasteiger partial charge >= 0.3 is 8.80 Å². The second kappa shape index (κ2) is 9.07. The van der Waals surface area contributed by atoms with Crippen LogP contribution in [0.25, 0.3) is 0 Å². The van der Waals surface area contributed by atoms with Crippen molar-refractivity contribution in [2.24, 2.45) is 5.92 Å². The minimum absolute atomic E-state index is 0.693. The van der Waals surface area contributed by atoms with Gasteiger partial charge in [0.05, 0.1) is 0 Å². The van der Waals surface area contributed by atoms with Crippen LogP contribution in [-0.2, 0) is 13.3 Å². The van der Waals surface area contributed by atoms with E-state index in [0.29, 0.717) is 19.8 Å². The van der Waals surface area contributed by atoms with Gasteiger partial charge in [-0.05, 0) is 26.7 Å². The molecule has 0 atom stereocenters. The third-order valence-corrected chi connectivity index (χ3v) is 6.87. The summed E-state index contributed by atoms with van der Waals surface area (Å²) in [5.41, 5.74) is 0. The van der Waals surface area contributed by atoms with Crippen LogP contribution in [0.2, 0.25) is 6.04 Å². The molecule has 1 rings (SSSR count). The third-order valence-electron chi connectivity index (χ3n) is 3.61. The average Bonchev–Trinajstić information content (AvgIpc) is 2.58. The Morgan fingerprint density at radius 3 is 1.61 bits per heavy atom. The van der Waals surface area contributed by atoms with Gasteiger partial charge in [0.1, 0.15) is 0 Å². The molecule has 0 unspecified atom stereocenters. The highest BCUT2D eigenvalue weighted by atomic mass is 28.4. The van der Waals surface area contributed by atoms with Crippen LogP contribution in [-0.4, -0.2) is 28.6 Å². The molecule has 0 aromatic heterocycles. The first kappa shape index (κ1) is 16.2. The van der Waals surface area contributed by atoms with Crippen LogP contribution in [0.5, 0.6) is 0 Å². The minimum Gasteiger partial charge on any atom is -0.374 e. The molecule has 0 N–H and O–H groups in total. The fourth-order valence-corrected chi connectivity index (χ4v) is 5.92. The highest BCUT2D eigenvalue weighted by molar-refractivity contribution is 6.60. The first-order chi connectivity index (χ1) is 8.76. The van der Waals surface area contributed by atoms with Crippen LogP contribution in [0, 0.1) is 5.92 Å². The number of hydrogen-bond donors (Lipinski definition) is 0. The van der Waals surface area contributed by atoms with E-state index >= 15 is 0 Å². The normalized spacial score (nSPS) is 18.8. The maximum atomic E-state index is 5.95. The van der Waals surface area contributed by atoms with Crippen molar-refractivity contribution in [3.05, 3.63) is 0 Å². The molecular weight excluding hydrogens is 244 g/mol. The van der Waals surface area contributed by atoms with Crippen LogP contribution in [0.15, 0.2) is 0 Å². The summed E-state index contributed by atoms with van der Waals surface area (Å²) in [6.45, 7) is 8.18. The predicted octanol–water partition coefficient (Wildman–Crippen LogP) is 4.01. The Morgan fingerprint density at radius 2 is 1.22 bits per heavy atom. The summed E-state index contributed by atoms with van der Waals surface area (Å²) < 4.78 is 17.8. The van der Waals surface area contributed by atoms with Gasteiger partial charge in [-0.1, -0.05) is 38.5 Å². The zero-order valence-corrected chi connectivity index (χ0v) is 13.4. The molecule has 0 radical (unpaired) electrons. The summed E-state index contributed by atoms with van der Waals surface area (Å²) in [4.78, 5) is 0. The molecule has 18 heavy (non-hydrogen) atoms. The van der Waals surface area contributed by atoms with E-state index in [0.717, 1.165) is 12.0 Å². The fraction of sp³-hybridized carbons (Fsp3) is 1.00. The average molecular weight is 274 g/mol. The summed E-state index contributed by atoms with van der Waals surface area (Å²) in [7, 11) is -2.41. The Morgan fingerprint density at radius 1 is 0.778 bits per heavy atom. The lowest BCUT2D eigenvalue weighted by Gasteiger charge is -2.31. The van der Waals surface area contributed by atoms with Gasteiger partial charge in [-0.25, -0.2) is 0 Å². The van der Waals surface area contributed by atoms with Gasteiger partial charge in [-0.15, -0.1) is 0 Å². The molecule has 4 heteroatoms. The SMILES string of the molecule is CCO[Si](CC1CCCCCC1)(OCC)OCC. The van der Waals surface area contributed by atoms with Crippen molar-refractivity contribution >= 4 is 8.80 Å². The Kier molecular flexibility index (Phi) is 8.14. The molecule has 0 aromatic rings. The van der Waals surface area contributed by atoms with E-state index < -0.39 is 8.80 Å². The molecule has 1 aliphatic carbocycles. The van der Waals surface area contributed by atoms with Crippen molar-refractivity contribution < 1.29 is 13.3 Å². The van der Waals surface area contributed by atoms with Crippen LogP contribution >= 0.6 is 0 Å². The molecule has 1 saturated carbocycles. The van der Waals surface area contributed by atoms with E-state index in [4.69, 9.17) is 13.3 Å². The molecule has 108 valence electrons. The molecule has 0 aliphatic heterocycles. The first-order valence-electron chi connectivity index (χ1n) is 7.68.